The third kappa shape index (κ3) is 5.88. The van der Waals surface area contributed by atoms with Crippen molar-refractivity contribution in [3.63, 3.8) is 0 Å². The van der Waals surface area contributed by atoms with Crippen LogP contribution < -0.4 is 16.4 Å². The topological polar surface area (TPSA) is 118 Å². The molecule has 12 heteroatoms. The van der Waals surface area contributed by atoms with E-state index >= 15 is 0 Å². The maximum absolute atomic E-state index is 12.9. The predicted octanol–water partition coefficient (Wildman–Crippen LogP) is 3.71. The van der Waals surface area contributed by atoms with E-state index in [1.807, 2.05) is 4.90 Å². The number of pyridine rings is 1. The van der Waals surface area contributed by atoms with Gasteiger partial charge in [0.05, 0.1) is 22.5 Å². The monoisotopic (exact) mass is 548 g/mol. The lowest BCUT2D eigenvalue weighted by atomic mass is 9.99. The number of nitrogens with zero attached hydrogens (tertiary/aromatic N) is 6. The first-order valence-electron chi connectivity index (χ1n) is 11.7. The zero-order chi connectivity index (χ0) is 26.0. The zero-order valence-corrected chi connectivity index (χ0v) is 22.5. The smallest absolute Gasteiger partial charge is 0.257 e. The minimum absolute atomic E-state index is 0.0958. The van der Waals surface area contributed by atoms with Crippen LogP contribution in [0.3, 0.4) is 0 Å². The summed E-state index contributed by atoms with van der Waals surface area (Å²) < 4.78 is 0. The molecule has 4 heterocycles. The molecule has 1 atom stereocenters. The van der Waals surface area contributed by atoms with Crippen LogP contribution in [0.5, 0.6) is 0 Å². The Labute approximate surface area is 225 Å². The van der Waals surface area contributed by atoms with E-state index in [1.54, 1.807) is 18.3 Å². The summed E-state index contributed by atoms with van der Waals surface area (Å²) in [6.07, 6.45) is 3.48. The van der Waals surface area contributed by atoms with Gasteiger partial charge in [-0.25, -0.2) is 15.0 Å². The third-order valence-corrected chi connectivity index (χ3v) is 7.75. The van der Waals surface area contributed by atoms with Crippen molar-refractivity contribution >= 4 is 57.4 Å². The number of piperidine rings is 1. The molecular formula is C24H30Cl2N8OS. The highest BCUT2D eigenvalue weighted by atomic mass is 35.5. The van der Waals surface area contributed by atoms with Gasteiger partial charge in [0.15, 0.2) is 11.0 Å². The predicted molar refractivity (Wildman–Crippen MR) is 148 cm³/mol. The molecule has 2 saturated heterocycles. The standard InChI is InChI=1S/C24H30Cl2N8OS/c1-14-13-33(23-21(26)30-19(12-29-23)15(2)36-16(3)27)10-11-34(14)17-6-8-32(9-7-17)24(35)18-4-5-20(25)31-22(18)28/h4-5,12,14,17H,2-3,6-11,13,27H2,1H3,(H2,28,31)/t14-/m0/s1. The largest absolute Gasteiger partial charge is 0.394 e. The average Bonchev–Trinajstić information content (AvgIpc) is 2.83. The SMILES string of the molecule is C=C(N)SC(=C)c1cnc(N2CCN(C3CCN(C(=O)c4ccc(Cl)nc4N)CC3)[C@@H](C)C2)c(Cl)n1. The lowest BCUT2D eigenvalue weighted by Crippen LogP contribution is -2.58. The highest BCUT2D eigenvalue weighted by Gasteiger charge is 2.34. The summed E-state index contributed by atoms with van der Waals surface area (Å²) in [5, 5.41) is 1.06. The van der Waals surface area contributed by atoms with Gasteiger partial charge in [-0.3, -0.25) is 9.69 Å². The Morgan fingerprint density at radius 3 is 2.47 bits per heavy atom. The summed E-state index contributed by atoms with van der Waals surface area (Å²) >= 11 is 13.6. The molecule has 0 aliphatic carbocycles. The van der Waals surface area contributed by atoms with Gasteiger partial charge in [-0.05, 0) is 31.9 Å². The van der Waals surface area contributed by atoms with Gasteiger partial charge in [-0.15, -0.1) is 0 Å². The maximum atomic E-state index is 12.9. The normalized spacial score (nSPS) is 19.4. The number of halogens is 2. The number of thioether (sulfide) groups is 1. The number of carbonyl (C=O) groups excluding carboxylic acids is 1. The Balaban J connectivity index is 1.33. The van der Waals surface area contributed by atoms with E-state index < -0.39 is 0 Å². The molecule has 0 spiro atoms. The van der Waals surface area contributed by atoms with Gasteiger partial charge in [0.1, 0.15) is 11.0 Å². The fourth-order valence-electron chi connectivity index (χ4n) is 4.83. The fraction of sp³-hybridized carbons (Fsp3) is 0.417. The number of hydrogen-bond donors (Lipinski definition) is 2. The summed E-state index contributed by atoms with van der Waals surface area (Å²) in [5.74, 6) is 0.745. The van der Waals surface area contributed by atoms with Gasteiger partial charge in [0.2, 0.25) is 0 Å². The third-order valence-electron chi connectivity index (χ3n) is 6.57. The van der Waals surface area contributed by atoms with Gasteiger partial charge >= 0.3 is 0 Å². The molecule has 2 aromatic heterocycles. The first-order chi connectivity index (χ1) is 17.1. The summed E-state index contributed by atoms with van der Waals surface area (Å²) in [6, 6.07) is 3.94. The van der Waals surface area contributed by atoms with E-state index in [9.17, 15) is 4.79 Å². The summed E-state index contributed by atoms with van der Waals surface area (Å²) in [6.45, 7) is 13.7. The molecule has 0 saturated carbocycles. The van der Waals surface area contributed by atoms with E-state index in [-0.39, 0.29) is 16.9 Å². The molecule has 0 radical (unpaired) electrons. The van der Waals surface area contributed by atoms with Gasteiger partial charge in [0.25, 0.3) is 5.91 Å². The number of likely N-dealkylation sites (tertiary alicyclic amines) is 1. The quantitative estimate of drug-likeness (QED) is 0.520. The maximum Gasteiger partial charge on any atom is 0.257 e. The summed E-state index contributed by atoms with van der Waals surface area (Å²) in [7, 11) is 0. The lowest BCUT2D eigenvalue weighted by Gasteiger charge is -2.46. The molecule has 9 nitrogen and oxygen atoms in total. The second kappa shape index (κ2) is 11.2. The van der Waals surface area contributed by atoms with Gasteiger partial charge in [0, 0.05) is 49.7 Å². The van der Waals surface area contributed by atoms with Crippen LogP contribution in [-0.2, 0) is 0 Å². The molecule has 4 rings (SSSR count). The lowest BCUT2D eigenvalue weighted by molar-refractivity contribution is 0.0526. The fourth-order valence-corrected chi connectivity index (χ4v) is 5.76. The van der Waals surface area contributed by atoms with Crippen LogP contribution in [0.25, 0.3) is 4.91 Å². The van der Waals surface area contributed by atoms with Crippen molar-refractivity contribution < 1.29 is 4.79 Å². The van der Waals surface area contributed by atoms with Crippen molar-refractivity contribution in [3.05, 3.63) is 58.1 Å². The van der Waals surface area contributed by atoms with Crippen LogP contribution in [-0.4, -0.2) is 75.5 Å². The molecule has 192 valence electrons. The molecule has 1 amide bonds. The van der Waals surface area contributed by atoms with E-state index in [0.29, 0.717) is 57.3 Å². The molecule has 2 aromatic rings. The highest BCUT2D eigenvalue weighted by molar-refractivity contribution is 8.11. The second-order valence-electron chi connectivity index (χ2n) is 8.98. The minimum Gasteiger partial charge on any atom is -0.394 e. The number of hydrogen-bond acceptors (Lipinski definition) is 9. The van der Waals surface area contributed by atoms with Crippen LogP contribution >= 0.6 is 35.0 Å². The van der Waals surface area contributed by atoms with Crippen LogP contribution in [0.15, 0.2) is 36.5 Å². The van der Waals surface area contributed by atoms with Crippen molar-refractivity contribution in [2.45, 2.75) is 31.8 Å². The van der Waals surface area contributed by atoms with Gasteiger partial charge in [-0.2, -0.15) is 0 Å². The molecule has 0 bridgehead atoms. The highest BCUT2D eigenvalue weighted by Crippen LogP contribution is 2.32. The first-order valence-corrected chi connectivity index (χ1v) is 13.3. The molecule has 0 unspecified atom stereocenters. The Hall–Kier alpha value is -2.53. The number of rotatable bonds is 6. The van der Waals surface area contributed by atoms with E-state index in [2.05, 4.69) is 44.8 Å². The van der Waals surface area contributed by atoms with Gasteiger partial charge in [-0.1, -0.05) is 48.1 Å². The second-order valence-corrected chi connectivity index (χ2v) is 11.0. The van der Waals surface area contributed by atoms with Crippen LogP contribution in [0.2, 0.25) is 10.3 Å². The number of amides is 1. The number of piperazine rings is 1. The van der Waals surface area contributed by atoms with Crippen molar-refractivity contribution in [1.29, 1.82) is 0 Å². The van der Waals surface area contributed by atoms with E-state index in [1.165, 1.54) is 11.8 Å². The molecule has 0 aromatic carbocycles. The van der Waals surface area contributed by atoms with Crippen molar-refractivity contribution in [2.75, 3.05) is 43.4 Å². The Bertz CT molecular complexity index is 1170. The molecule has 2 aliphatic heterocycles. The van der Waals surface area contributed by atoms with E-state index in [4.69, 9.17) is 34.7 Å². The number of aromatic nitrogens is 3. The van der Waals surface area contributed by atoms with Crippen LogP contribution in [0.1, 0.15) is 35.8 Å². The Morgan fingerprint density at radius 1 is 1.14 bits per heavy atom. The van der Waals surface area contributed by atoms with Crippen molar-refractivity contribution in [3.8, 4) is 0 Å². The molecule has 4 N–H and O–H groups in total. The number of nitrogens with two attached hydrogens (primary N) is 2. The van der Waals surface area contributed by atoms with Gasteiger partial charge < -0.3 is 21.3 Å². The molecule has 2 aliphatic rings. The summed E-state index contributed by atoms with van der Waals surface area (Å²) in [5.41, 5.74) is 12.6. The molecule has 36 heavy (non-hydrogen) atoms. The van der Waals surface area contributed by atoms with E-state index in [0.717, 1.165) is 32.5 Å². The molecular weight excluding hydrogens is 519 g/mol. The number of anilines is 2. The first kappa shape index (κ1) is 26.5. The minimum atomic E-state index is -0.0958. The number of carbonyl (C=O) groups is 1. The Kier molecular flexibility index (Phi) is 8.29. The molecule has 2 fully saturated rings. The Morgan fingerprint density at radius 2 is 1.86 bits per heavy atom. The summed E-state index contributed by atoms with van der Waals surface area (Å²) in [4.78, 5) is 33.2. The number of nitrogen functional groups attached to an aromatic ring is 1. The van der Waals surface area contributed by atoms with Crippen LogP contribution in [0, 0.1) is 0 Å². The zero-order valence-electron chi connectivity index (χ0n) is 20.2. The average molecular weight is 550 g/mol. The van der Waals surface area contributed by atoms with Crippen molar-refractivity contribution in [1.82, 2.24) is 24.8 Å². The van der Waals surface area contributed by atoms with Crippen molar-refractivity contribution in [2.24, 2.45) is 5.73 Å². The van der Waals surface area contributed by atoms with Crippen LogP contribution in [0.4, 0.5) is 11.6 Å².